The zero-order valence-corrected chi connectivity index (χ0v) is 12.0. The van der Waals surface area contributed by atoms with Crippen LogP contribution in [0.2, 0.25) is 0 Å². The van der Waals surface area contributed by atoms with Crippen molar-refractivity contribution in [3.8, 4) is 0 Å². The molecule has 2 rings (SSSR count). The van der Waals surface area contributed by atoms with E-state index < -0.39 is 6.04 Å². The Labute approximate surface area is 121 Å². The molecule has 19 heavy (non-hydrogen) atoms. The molecule has 106 valence electrons. The number of thiazole rings is 1. The molecular formula is C11H17ClN4O2S. The van der Waals surface area contributed by atoms with E-state index in [0.717, 1.165) is 11.4 Å². The van der Waals surface area contributed by atoms with Crippen LogP contribution >= 0.6 is 23.7 Å². The summed E-state index contributed by atoms with van der Waals surface area (Å²) in [7, 11) is 0. The summed E-state index contributed by atoms with van der Waals surface area (Å²) in [5, 5.41) is 7.97. The van der Waals surface area contributed by atoms with Crippen molar-refractivity contribution in [3.05, 3.63) is 16.1 Å². The van der Waals surface area contributed by atoms with E-state index in [2.05, 4.69) is 15.6 Å². The first kappa shape index (κ1) is 15.9. The van der Waals surface area contributed by atoms with E-state index in [1.165, 1.54) is 11.3 Å². The third kappa shape index (κ3) is 4.15. The number of amides is 2. The van der Waals surface area contributed by atoms with Gasteiger partial charge in [0.25, 0.3) is 5.91 Å². The summed E-state index contributed by atoms with van der Waals surface area (Å²) in [6.45, 7) is 1.20. The highest BCUT2D eigenvalue weighted by Gasteiger charge is 2.24. The van der Waals surface area contributed by atoms with E-state index in [0.29, 0.717) is 31.6 Å². The first-order chi connectivity index (χ1) is 8.70. The van der Waals surface area contributed by atoms with Gasteiger partial charge < -0.3 is 16.4 Å². The minimum atomic E-state index is -0.439. The van der Waals surface area contributed by atoms with Crippen molar-refractivity contribution in [1.82, 2.24) is 15.6 Å². The molecule has 1 aliphatic rings. The van der Waals surface area contributed by atoms with Gasteiger partial charge in [0, 0.05) is 18.3 Å². The van der Waals surface area contributed by atoms with Crippen LogP contribution in [-0.2, 0) is 11.2 Å². The van der Waals surface area contributed by atoms with Crippen molar-refractivity contribution in [2.24, 2.45) is 5.73 Å². The second-order valence-corrected chi connectivity index (χ2v) is 5.07. The Kier molecular flexibility index (Phi) is 6.20. The number of nitrogens with zero attached hydrogens (tertiary/aromatic N) is 1. The Hall–Kier alpha value is -1.18. The SMILES string of the molecule is Cl.NCCc1nc(C(=O)NC2CCCNC2=O)cs1. The van der Waals surface area contributed by atoms with E-state index in [9.17, 15) is 9.59 Å². The number of piperidine rings is 1. The molecule has 0 radical (unpaired) electrons. The molecule has 1 aliphatic heterocycles. The lowest BCUT2D eigenvalue weighted by molar-refractivity contribution is -0.124. The molecule has 0 saturated carbocycles. The molecule has 0 spiro atoms. The van der Waals surface area contributed by atoms with E-state index in [-0.39, 0.29) is 24.2 Å². The van der Waals surface area contributed by atoms with Gasteiger partial charge in [-0.3, -0.25) is 9.59 Å². The van der Waals surface area contributed by atoms with Crippen molar-refractivity contribution in [1.29, 1.82) is 0 Å². The summed E-state index contributed by atoms with van der Waals surface area (Å²) in [5.41, 5.74) is 5.79. The molecule has 4 N–H and O–H groups in total. The van der Waals surface area contributed by atoms with Crippen LogP contribution in [0.4, 0.5) is 0 Å². The molecule has 1 unspecified atom stereocenters. The number of halogens is 1. The maximum Gasteiger partial charge on any atom is 0.271 e. The smallest absolute Gasteiger partial charge is 0.271 e. The summed E-state index contributed by atoms with van der Waals surface area (Å²) in [6.07, 6.45) is 2.23. The zero-order chi connectivity index (χ0) is 13.0. The Bertz CT molecular complexity index is 452. The van der Waals surface area contributed by atoms with Gasteiger partial charge in [0.15, 0.2) is 0 Å². The van der Waals surface area contributed by atoms with Crippen LogP contribution < -0.4 is 16.4 Å². The highest BCUT2D eigenvalue weighted by molar-refractivity contribution is 7.09. The molecular weight excluding hydrogens is 288 g/mol. The first-order valence-corrected chi connectivity index (χ1v) is 6.81. The van der Waals surface area contributed by atoms with Crippen molar-refractivity contribution in [3.63, 3.8) is 0 Å². The fourth-order valence-corrected chi connectivity index (χ4v) is 2.59. The molecule has 0 bridgehead atoms. The van der Waals surface area contributed by atoms with E-state index >= 15 is 0 Å². The lowest BCUT2D eigenvalue weighted by Gasteiger charge is -2.22. The van der Waals surface area contributed by atoms with Crippen LogP contribution in [0.15, 0.2) is 5.38 Å². The monoisotopic (exact) mass is 304 g/mol. The summed E-state index contributed by atoms with van der Waals surface area (Å²) in [5.74, 6) is -0.413. The Morgan fingerprint density at radius 1 is 1.63 bits per heavy atom. The lowest BCUT2D eigenvalue weighted by Crippen LogP contribution is -2.50. The minimum Gasteiger partial charge on any atom is -0.354 e. The standard InChI is InChI=1S/C11H16N4O2S.ClH/c12-4-3-9-14-8(6-18-9)11(17)15-7-2-1-5-13-10(7)16;/h6-7H,1-5,12H2,(H,13,16)(H,15,17);1H. The number of hydrogen-bond acceptors (Lipinski definition) is 5. The van der Waals surface area contributed by atoms with Crippen LogP contribution in [0, 0.1) is 0 Å². The second kappa shape index (κ2) is 7.42. The van der Waals surface area contributed by atoms with Crippen molar-refractivity contribution >= 4 is 35.6 Å². The molecule has 1 fully saturated rings. The Morgan fingerprint density at radius 2 is 2.42 bits per heavy atom. The van der Waals surface area contributed by atoms with Gasteiger partial charge in [-0.2, -0.15) is 0 Å². The highest BCUT2D eigenvalue weighted by atomic mass is 35.5. The Morgan fingerprint density at radius 3 is 3.11 bits per heavy atom. The third-order valence-electron chi connectivity index (χ3n) is 2.73. The number of aromatic nitrogens is 1. The number of hydrogen-bond donors (Lipinski definition) is 3. The predicted molar refractivity (Wildman–Crippen MR) is 75.6 cm³/mol. The van der Waals surface area contributed by atoms with Gasteiger partial charge in [-0.25, -0.2) is 4.98 Å². The number of nitrogens with one attached hydrogen (secondary N) is 2. The molecule has 2 amide bonds. The molecule has 0 aliphatic carbocycles. The minimum absolute atomic E-state index is 0. The molecule has 1 aromatic heterocycles. The predicted octanol–water partition coefficient (Wildman–Crippen LogP) is 0.0745. The van der Waals surface area contributed by atoms with E-state index in [1.54, 1.807) is 5.38 Å². The first-order valence-electron chi connectivity index (χ1n) is 5.93. The van der Waals surface area contributed by atoms with Crippen molar-refractivity contribution < 1.29 is 9.59 Å². The molecule has 0 aromatic carbocycles. The van der Waals surface area contributed by atoms with E-state index in [1.807, 2.05) is 0 Å². The van der Waals surface area contributed by atoms with Gasteiger partial charge in [0.2, 0.25) is 5.91 Å². The molecule has 2 heterocycles. The molecule has 1 saturated heterocycles. The number of rotatable bonds is 4. The van der Waals surface area contributed by atoms with Gasteiger partial charge in [-0.1, -0.05) is 0 Å². The molecule has 1 aromatic rings. The topological polar surface area (TPSA) is 97.1 Å². The van der Waals surface area contributed by atoms with E-state index in [4.69, 9.17) is 5.73 Å². The third-order valence-corrected chi connectivity index (χ3v) is 3.64. The summed E-state index contributed by atoms with van der Waals surface area (Å²) in [6, 6.07) is -0.439. The largest absolute Gasteiger partial charge is 0.354 e. The van der Waals surface area contributed by atoms with Gasteiger partial charge in [-0.15, -0.1) is 23.7 Å². The van der Waals surface area contributed by atoms with Crippen LogP contribution in [0.5, 0.6) is 0 Å². The number of carbonyl (C=O) groups excluding carboxylic acids is 2. The number of nitrogens with two attached hydrogens (primary N) is 1. The highest BCUT2D eigenvalue weighted by Crippen LogP contribution is 2.11. The van der Waals surface area contributed by atoms with Crippen LogP contribution in [-0.4, -0.2) is 35.9 Å². The summed E-state index contributed by atoms with van der Waals surface area (Å²) in [4.78, 5) is 27.6. The van der Waals surface area contributed by atoms with Gasteiger partial charge in [0.05, 0.1) is 5.01 Å². The molecule has 1 atom stereocenters. The Balaban J connectivity index is 0.00000180. The average Bonchev–Trinajstić information content (AvgIpc) is 2.81. The second-order valence-electron chi connectivity index (χ2n) is 4.12. The fraction of sp³-hybridized carbons (Fsp3) is 0.545. The zero-order valence-electron chi connectivity index (χ0n) is 10.3. The van der Waals surface area contributed by atoms with Crippen molar-refractivity contribution in [2.45, 2.75) is 25.3 Å². The summed E-state index contributed by atoms with van der Waals surface area (Å²) >= 11 is 1.41. The maximum atomic E-state index is 11.9. The van der Waals surface area contributed by atoms with Crippen molar-refractivity contribution in [2.75, 3.05) is 13.1 Å². The quantitative estimate of drug-likeness (QED) is 0.733. The lowest BCUT2D eigenvalue weighted by atomic mass is 10.1. The van der Waals surface area contributed by atoms with Gasteiger partial charge >= 0.3 is 0 Å². The van der Waals surface area contributed by atoms with Gasteiger partial charge in [0.1, 0.15) is 11.7 Å². The fourth-order valence-electron chi connectivity index (χ4n) is 1.80. The molecule has 6 nitrogen and oxygen atoms in total. The van der Waals surface area contributed by atoms with Gasteiger partial charge in [-0.05, 0) is 19.4 Å². The average molecular weight is 305 g/mol. The summed E-state index contributed by atoms with van der Waals surface area (Å²) < 4.78 is 0. The normalized spacial score (nSPS) is 18.4. The van der Waals surface area contributed by atoms with Crippen LogP contribution in [0.25, 0.3) is 0 Å². The van der Waals surface area contributed by atoms with Crippen LogP contribution in [0.3, 0.4) is 0 Å². The molecule has 8 heteroatoms. The van der Waals surface area contributed by atoms with Crippen LogP contribution in [0.1, 0.15) is 28.3 Å². The number of carbonyl (C=O) groups is 2. The maximum absolute atomic E-state index is 11.9.